The molecule has 0 bridgehead atoms. The van der Waals surface area contributed by atoms with E-state index in [2.05, 4.69) is 15.5 Å². The molecule has 3 aromatic rings. The van der Waals surface area contributed by atoms with Gasteiger partial charge in [0.15, 0.2) is 0 Å². The van der Waals surface area contributed by atoms with Crippen LogP contribution in [0.4, 0.5) is 5.13 Å². The molecule has 12 heteroatoms. The molecular formula is C20H22N6O4S2. The summed E-state index contributed by atoms with van der Waals surface area (Å²) in [5.41, 5.74) is 6.31. The van der Waals surface area contributed by atoms with Gasteiger partial charge in [-0.2, -0.15) is 4.31 Å². The maximum Gasteiger partial charge on any atom is 0.265 e. The van der Waals surface area contributed by atoms with Crippen molar-refractivity contribution in [1.29, 1.82) is 0 Å². The van der Waals surface area contributed by atoms with E-state index in [1.807, 2.05) is 30.3 Å². The van der Waals surface area contributed by atoms with Crippen LogP contribution in [0.1, 0.15) is 23.3 Å². The molecule has 4 rings (SSSR count). The highest BCUT2D eigenvalue weighted by molar-refractivity contribution is 7.89. The van der Waals surface area contributed by atoms with Gasteiger partial charge in [0.1, 0.15) is 15.6 Å². The minimum Gasteiger partial charge on any atom is -0.364 e. The summed E-state index contributed by atoms with van der Waals surface area (Å²) in [7, 11) is -2.22. The zero-order chi connectivity index (χ0) is 22.9. The van der Waals surface area contributed by atoms with Crippen LogP contribution >= 0.6 is 11.3 Å². The number of nitrogens with one attached hydrogen (secondary N) is 1. The first-order valence-electron chi connectivity index (χ1n) is 9.92. The van der Waals surface area contributed by atoms with E-state index in [1.54, 1.807) is 7.05 Å². The van der Waals surface area contributed by atoms with Crippen LogP contribution in [0.2, 0.25) is 0 Å². The summed E-state index contributed by atoms with van der Waals surface area (Å²) in [4.78, 5) is 24.1. The SMILES string of the molecule is Cn1cc(S(=O)(=O)N2CCC(C(=O)Nc3nnc(-c4ccccc4)s3)CC2)cc1C(N)=O. The second-order valence-electron chi connectivity index (χ2n) is 7.48. The number of carbonyl (C=O) groups excluding carboxylic acids is 2. The number of amides is 2. The fraction of sp³-hybridized carbons (Fsp3) is 0.300. The smallest absolute Gasteiger partial charge is 0.265 e. The minimum absolute atomic E-state index is 0.0130. The monoisotopic (exact) mass is 474 g/mol. The molecule has 10 nitrogen and oxygen atoms in total. The molecule has 1 saturated heterocycles. The molecule has 1 aliphatic heterocycles. The van der Waals surface area contributed by atoms with Gasteiger partial charge in [-0.25, -0.2) is 8.42 Å². The van der Waals surface area contributed by atoms with Crippen LogP contribution < -0.4 is 11.1 Å². The van der Waals surface area contributed by atoms with Crippen LogP contribution in [0.25, 0.3) is 10.6 Å². The number of nitrogens with zero attached hydrogens (tertiary/aromatic N) is 4. The Labute approximate surface area is 189 Å². The number of carbonyl (C=O) groups is 2. The van der Waals surface area contributed by atoms with E-state index in [-0.39, 0.29) is 35.5 Å². The average molecular weight is 475 g/mol. The predicted octanol–water partition coefficient (Wildman–Crippen LogP) is 1.68. The van der Waals surface area contributed by atoms with Crippen LogP contribution in [-0.4, -0.2) is 52.4 Å². The first-order chi connectivity index (χ1) is 15.3. The molecule has 3 heterocycles. The number of aryl methyl sites for hydroxylation is 1. The first kappa shape index (κ1) is 22.1. The third kappa shape index (κ3) is 4.42. The molecule has 1 fully saturated rings. The van der Waals surface area contributed by atoms with Gasteiger partial charge >= 0.3 is 0 Å². The van der Waals surface area contributed by atoms with Gasteiger partial charge in [0, 0.05) is 37.8 Å². The average Bonchev–Trinajstić information content (AvgIpc) is 3.41. The minimum atomic E-state index is -3.78. The van der Waals surface area contributed by atoms with Crippen molar-refractivity contribution in [3.8, 4) is 10.6 Å². The molecule has 0 atom stereocenters. The number of rotatable bonds is 6. The summed E-state index contributed by atoms with van der Waals surface area (Å²) >= 11 is 1.29. The lowest BCUT2D eigenvalue weighted by Gasteiger charge is -2.30. The lowest BCUT2D eigenvalue weighted by Crippen LogP contribution is -2.41. The zero-order valence-electron chi connectivity index (χ0n) is 17.3. The molecule has 0 radical (unpaired) electrons. The van der Waals surface area contributed by atoms with Gasteiger partial charge in [-0.1, -0.05) is 41.7 Å². The molecule has 0 saturated carbocycles. The standard InChI is InChI=1S/C20H22N6O4S2/c1-25-12-15(11-16(25)17(21)27)32(29,30)26-9-7-13(8-10-26)18(28)22-20-24-23-19(31-20)14-5-3-2-4-6-14/h2-6,11-13H,7-10H2,1H3,(H2,21,27)(H,22,24,28). The normalized spacial score (nSPS) is 15.5. The number of sulfonamides is 1. The maximum atomic E-state index is 12.9. The number of hydrogen-bond donors (Lipinski definition) is 2. The molecule has 2 amide bonds. The van der Waals surface area contributed by atoms with E-state index in [0.29, 0.717) is 23.0 Å². The van der Waals surface area contributed by atoms with Crippen molar-refractivity contribution >= 4 is 38.3 Å². The Kier molecular flexibility index (Phi) is 6.09. The molecule has 2 aromatic heterocycles. The molecule has 32 heavy (non-hydrogen) atoms. The lowest BCUT2D eigenvalue weighted by atomic mass is 9.97. The second-order valence-corrected chi connectivity index (χ2v) is 10.4. The quantitative estimate of drug-likeness (QED) is 0.557. The lowest BCUT2D eigenvalue weighted by molar-refractivity contribution is -0.120. The van der Waals surface area contributed by atoms with E-state index in [4.69, 9.17) is 5.73 Å². The molecule has 0 unspecified atom stereocenters. The number of aromatic nitrogens is 3. The van der Waals surface area contributed by atoms with E-state index < -0.39 is 15.9 Å². The van der Waals surface area contributed by atoms with Crippen molar-refractivity contribution in [3.63, 3.8) is 0 Å². The van der Waals surface area contributed by atoms with Gasteiger partial charge in [-0.3, -0.25) is 9.59 Å². The summed E-state index contributed by atoms with van der Waals surface area (Å²) in [6.07, 6.45) is 2.13. The molecule has 3 N–H and O–H groups in total. The predicted molar refractivity (Wildman–Crippen MR) is 119 cm³/mol. The van der Waals surface area contributed by atoms with E-state index >= 15 is 0 Å². The highest BCUT2D eigenvalue weighted by atomic mass is 32.2. The van der Waals surface area contributed by atoms with Crippen molar-refractivity contribution in [3.05, 3.63) is 48.3 Å². The van der Waals surface area contributed by atoms with Gasteiger partial charge in [0.25, 0.3) is 5.91 Å². The highest BCUT2D eigenvalue weighted by Gasteiger charge is 2.33. The third-order valence-corrected chi connectivity index (χ3v) is 8.12. The Morgan fingerprint density at radius 2 is 1.84 bits per heavy atom. The van der Waals surface area contributed by atoms with Crippen molar-refractivity contribution in [2.45, 2.75) is 17.7 Å². The molecule has 1 aliphatic rings. The topological polar surface area (TPSA) is 140 Å². The van der Waals surface area contributed by atoms with Crippen molar-refractivity contribution in [2.24, 2.45) is 18.7 Å². The van der Waals surface area contributed by atoms with E-state index in [1.165, 1.54) is 32.5 Å². The van der Waals surface area contributed by atoms with Crippen molar-refractivity contribution < 1.29 is 18.0 Å². The van der Waals surface area contributed by atoms with Crippen LogP contribution in [0.5, 0.6) is 0 Å². The molecule has 0 spiro atoms. The summed E-state index contributed by atoms with van der Waals surface area (Å²) in [6, 6.07) is 10.8. The van der Waals surface area contributed by atoms with Gasteiger partial charge < -0.3 is 15.6 Å². The Hall–Kier alpha value is -3.09. The Bertz CT molecular complexity index is 1240. The molecular weight excluding hydrogens is 452 g/mol. The molecule has 168 valence electrons. The fourth-order valence-corrected chi connectivity index (χ4v) is 5.90. The Morgan fingerprint density at radius 3 is 2.47 bits per heavy atom. The number of nitrogens with two attached hydrogens (primary N) is 1. The van der Waals surface area contributed by atoms with Crippen LogP contribution in [0, 0.1) is 5.92 Å². The summed E-state index contributed by atoms with van der Waals surface area (Å²) in [5, 5.41) is 12.1. The third-order valence-electron chi connectivity index (χ3n) is 5.37. The van der Waals surface area contributed by atoms with E-state index in [0.717, 1.165) is 5.56 Å². The number of primary amides is 1. The first-order valence-corrected chi connectivity index (χ1v) is 12.2. The van der Waals surface area contributed by atoms with E-state index in [9.17, 15) is 18.0 Å². The van der Waals surface area contributed by atoms with Crippen LogP contribution in [-0.2, 0) is 21.9 Å². The van der Waals surface area contributed by atoms with Gasteiger partial charge in [0.2, 0.25) is 21.1 Å². The summed E-state index contributed by atoms with van der Waals surface area (Å²) in [6.45, 7) is 0.402. The van der Waals surface area contributed by atoms with Gasteiger partial charge in [-0.15, -0.1) is 10.2 Å². The van der Waals surface area contributed by atoms with Crippen molar-refractivity contribution in [2.75, 3.05) is 18.4 Å². The number of piperidine rings is 1. The number of benzene rings is 1. The largest absolute Gasteiger partial charge is 0.364 e. The number of anilines is 1. The Morgan fingerprint density at radius 1 is 1.16 bits per heavy atom. The van der Waals surface area contributed by atoms with Gasteiger partial charge in [-0.05, 0) is 18.9 Å². The molecule has 0 aliphatic carbocycles. The molecule has 1 aromatic carbocycles. The van der Waals surface area contributed by atoms with Crippen LogP contribution in [0.3, 0.4) is 0 Å². The van der Waals surface area contributed by atoms with Gasteiger partial charge in [0.05, 0.1) is 0 Å². The Balaban J connectivity index is 1.37. The zero-order valence-corrected chi connectivity index (χ0v) is 18.9. The second kappa shape index (κ2) is 8.81. The number of hydrogen-bond acceptors (Lipinski definition) is 7. The summed E-state index contributed by atoms with van der Waals surface area (Å²) in [5.74, 6) is -1.23. The maximum absolute atomic E-state index is 12.9. The summed E-state index contributed by atoms with van der Waals surface area (Å²) < 4.78 is 28.6. The highest BCUT2D eigenvalue weighted by Crippen LogP contribution is 2.28. The van der Waals surface area contributed by atoms with Crippen molar-refractivity contribution in [1.82, 2.24) is 19.1 Å². The fourth-order valence-electron chi connectivity index (χ4n) is 3.61. The van der Waals surface area contributed by atoms with Crippen LogP contribution in [0.15, 0.2) is 47.5 Å².